The van der Waals surface area contributed by atoms with Gasteiger partial charge in [-0.05, 0) is 12.5 Å². The summed E-state index contributed by atoms with van der Waals surface area (Å²) in [6.07, 6.45) is 0. The van der Waals surface area contributed by atoms with Gasteiger partial charge in [-0.1, -0.05) is 43.7 Å². The molecule has 0 bridgehead atoms. The third kappa shape index (κ3) is 3.76. The van der Waals surface area contributed by atoms with Gasteiger partial charge in [-0.15, -0.1) is 0 Å². The van der Waals surface area contributed by atoms with Crippen LogP contribution in [0, 0.1) is 6.92 Å². The Labute approximate surface area is 68.1 Å². The maximum absolute atomic E-state index is 11.9. The van der Waals surface area contributed by atoms with Crippen LogP contribution in [0.25, 0.3) is 0 Å². The zero-order chi connectivity index (χ0) is 8.69. The van der Waals surface area contributed by atoms with Crippen molar-refractivity contribution in [3.63, 3.8) is 0 Å². The topological polar surface area (TPSA) is 0 Å². The Morgan fingerprint density at radius 2 is 1.91 bits per heavy atom. The number of aryl methyl sites for hydroxylation is 1. The number of hydrogen-bond donors (Lipinski definition) is 0. The molecule has 0 saturated carbocycles. The molecular formula is C10H15F. The molecule has 0 fully saturated rings. The van der Waals surface area contributed by atoms with Gasteiger partial charge in [0.1, 0.15) is 6.67 Å². The number of halogens is 1. The van der Waals surface area contributed by atoms with E-state index in [-0.39, 0.29) is 6.67 Å². The highest BCUT2D eigenvalue weighted by Crippen LogP contribution is 2.04. The van der Waals surface area contributed by atoms with Crippen molar-refractivity contribution in [1.29, 1.82) is 0 Å². The molecule has 0 nitrogen and oxygen atoms in total. The van der Waals surface area contributed by atoms with Gasteiger partial charge in [0.05, 0.1) is 0 Å². The molecular weight excluding hydrogens is 139 g/mol. The highest BCUT2D eigenvalue weighted by atomic mass is 19.1. The minimum absolute atomic E-state index is 0.359. The zero-order valence-electron chi connectivity index (χ0n) is 7.39. The van der Waals surface area contributed by atoms with E-state index < -0.39 is 0 Å². The molecule has 11 heavy (non-hydrogen) atoms. The monoisotopic (exact) mass is 154 g/mol. The van der Waals surface area contributed by atoms with E-state index in [1.807, 2.05) is 39.0 Å². The van der Waals surface area contributed by atoms with Crippen molar-refractivity contribution in [3.8, 4) is 0 Å². The molecule has 62 valence electrons. The van der Waals surface area contributed by atoms with Crippen LogP contribution in [0.2, 0.25) is 0 Å². The first kappa shape index (κ1) is 10.2. The second kappa shape index (κ2) is 5.90. The molecule has 0 aliphatic heterocycles. The van der Waals surface area contributed by atoms with Gasteiger partial charge in [-0.3, -0.25) is 0 Å². The van der Waals surface area contributed by atoms with E-state index >= 15 is 0 Å². The number of rotatable bonds is 1. The molecule has 1 aromatic carbocycles. The van der Waals surface area contributed by atoms with E-state index in [2.05, 4.69) is 0 Å². The third-order valence-electron chi connectivity index (χ3n) is 1.24. The van der Waals surface area contributed by atoms with Crippen LogP contribution in [0.4, 0.5) is 4.39 Å². The summed E-state index contributed by atoms with van der Waals surface area (Å²) in [5.41, 5.74) is 1.88. The largest absolute Gasteiger partial charge is 0.246 e. The standard InChI is InChI=1S/C8H9F.C2H6/c1-7-3-2-4-8(5-7)6-9;1-2/h2-5H,6H2,1H3;1-2H3. The molecule has 1 aromatic rings. The third-order valence-corrected chi connectivity index (χ3v) is 1.24. The van der Waals surface area contributed by atoms with E-state index in [0.717, 1.165) is 11.1 Å². The molecule has 1 rings (SSSR count). The molecule has 1 heteroatoms. The lowest BCUT2D eigenvalue weighted by molar-refractivity contribution is 0.485. The van der Waals surface area contributed by atoms with Crippen molar-refractivity contribution in [2.75, 3.05) is 0 Å². The highest BCUT2D eigenvalue weighted by Gasteiger charge is 1.88. The SMILES string of the molecule is CC.Cc1cccc(CF)c1. The van der Waals surface area contributed by atoms with Crippen molar-refractivity contribution in [3.05, 3.63) is 35.4 Å². The lowest BCUT2D eigenvalue weighted by atomic mass is 10.2. The molecule has 0 radical (unpaired) electrons. The van der Waals surface area contributed by atoms with Crippen molar-refractivity contribution >= 4 is 0 Å². The average Bonchev–Trinajstić information content (AvgIpc) is 2.08. The molecule has 0 aromatic heterocycles. The normalized spacial score (nSPS) is 8.36. The Kier molecular flexibility index (Phi) is 5.44. The summed E-state index contributed by atoms with van der Waals surface area (Å²) < 4.78 is 11.9. The van der Waals surface area contributed by atoms with Crippen LogP contribution >= 0.6 is 0 Å². The van der Waals surface area contributed by atoms with E-state index in [4.69, 9.17) is 0 Å². The molecule has 0 spiro atoms. The minimum atomic E-state index is -0.359. The van der Waals surface area contributed by atoms with Gasteiger partial charge < -0.3 is 0 Å². The van der Waals surface area contributed by atoms with Gasteiger partial charge in [0, 0.05) is 0 Å². The maximum atomic E-state index is 11.9. The second-order valence-electron chi connectivity index (χ2n) is 2.12. The van der Waals surface area contributed by atoms with Gasteiger partial charge >= 0.3 is 0 Å². The maximum Gasteiger partial charge on any atom is 0.115 e. The quantitative estimate of drug-likeness (QED) is 0.580. The Morgan fingerprint density at radius 1 is 1.27 bits per heavy atom. The number of alkyl halides is 1. The fourth-order valence-corrected chi connectivity index (χ4v) is 0.795. The molecule has 0 N–H and O–H groups in total. The van der Waals surface area contributed by atoms with Gasteiger partial charge in [-0.2, -0.15) is 0 Å². The summed E-state index contributed by atoms with van der Waals surface area (Å²) in [4.78, 5) is 0. The van der Waals surface area contributed by atoms with E-state index in [9.17, 15) is 4.39 Å². The van der Waals surface area contributed by atoms with Crippen molar-refractivity contribution in [2.45, 2.75) is 27.4 Å². The van der Waals surface area contributed by atoms with Crippen molar-refractivity contribution in [1.82, 2.24) is 0 Å². The highest BCUT2D eigenvalue weighted by molar-refractivity contribution is 5.21. The summed E-state index contributed by atoms with van der Waals surface area (Å²) in [5.74, 6) is 0. The van der Waals surface area contributed by atoms with Crippen LogP contribution in [0.3, 0.4) is 0 Å². The predicted octanol–water partition coefficient (Wildman–Crippen LogP) is 3.49. The Bertz CT molecular complexity index is 194. The first-order valence-corrected chi connectivity index (χ1v) is 3.94. The summed E-state index contributed by atoms with van der Waals surface area (Å²) in [6.45, 7) is 5.60. The lowest BCUT2D eigenvalue weighted by Gasteiger charge is -1.93. The van der Waals surface area contributed by atoms with Crippen LogP contribution in [-0.2, 0) is 6.67 Å². The summed E-state index contributed by atoms with van der Waals surface area (Å²) >= 11 is 0. The zero-order valence-corrected chi connectivity index (χ0v) is 7.39. The Hall–Kier alpha value is -0.850. The Balaban J connectivity index is 0.000000461. The molecule has 0 aliphatic rings. The number of hydrogen-bond acceptors (Lipinski definition) is 0. The smallest absolute Gasteiger partial charge is 0.115 e. The van der Waals surface area contributed by atoms with Gasteiger partial charge in [0.15, 0.2) is 0 Å². The van der Waals surface area contributed by atoms with Crippen LogP contribution in [0.5, 0.6) is 0 Å². The molecule has 0 heterocycles. The van der Waals surface area contributed by atoms with Crippen LogP contribution in [0.1, 0.15) is 25.0 Å². The summed E-state index contributed by atoms with van der Waals surface area (Å²) in [7, 11) is 0. The minimum Gasteiger partial charge on any atom is -0.246 e. The molecule has 0 aliphatic carbocycles. The van der Waals surface area contributed by atoms with Crippen molar-refractivity contribution < 1.29 is 4.39 Å². The summed E-state index contributed by atoms with van der Waals surface area (Å²) in [6, 6.07) is 7.45. The number of benzene rings is 1. The first-order valence-electron chi connectivity index (χ1n) is 3.94. The second-order valence-corrected chi connectivity index (χ2v) is 2.12. The fourth-order valence-electron chi connectivity index (χ4n) is 0.795. The predicted molar refractivity (Wildman–Crippen MR) is 47.3 cm³/mol. The van der Waals surface area contributed by atoms with Crippen LogP contribution in [0.15, 0.2) is 24.3 Å². The van der Waals surface area contributed by atoms with Gasteiger partial charge in [0.25, 0.3) is 0 Å². The Morgan fingerprint density at radius 3 is 2.27 bits per heavy atom. The molecule has 0 amide bonds. The average molecular weight is 154 g/mol. The fraction of sp³-hybridized carbons (Fsp3) is 0.400. The van der Waals surface area contributed by atoms with E-state index in [1.54, 1.807) is 6.07 Å². The molecule has 0 saturated heterocycles. The van der Waals surface area contributed by atoms with Crippen LogP contribution < -0.4 is 0 Å². The van der Waals surface area contributed by atoms with E-state index in [0.29, 0.717) is 0 Å². The van der Waals surface area contributed by atoms with Crippen LogP contribution in [-0.4, -0.2) is 0 Å². The summed E-state index contributed by atoms with van der Waals surface area (Å²) in [5, 5.41) is 0. The molecule has 0 unspecified atom stereocenters. The van der Waals surface area contributed by atoms with E-state index in [1.165, 1.54) is 0 Å². The van der Waals surface area contributed by atoms with Crippen molar-refractivity contribution in [2.24, 2.45) is 0 Å². The van der Waals surface area contributed by atoms with Gasteiger partial charge in [0.2, 0.25) is 0 Å². The molecule has 0 atom stereocenters. The lowest BCUT2D eigenvalue weighted by Crippen LogP contribution is -1.77. The first-order chi connectivity index (χ1) is 5.33. The van der Waals surface area contributed by atoms with Gasteiger partial charge in [-0.25, -0.2) is 4.39 Å².